The van der Waals surface area contributed by atoms with E-state index in [2.05, 4.69) is 0 Å². The van der Waals surface area contributed by atoms with Crippen LogP contribution >= 0.6 is 11.3 Å². The molecule has 0 unspecified atom stereocenters. The molecule has 1 aliphatic heterocycles. The average Bonchev–Trinajstić information content (AvgIpc) is 2.70. The normalized spacial score (nSPS) is 26.1. The molecule has 14 heavy (non-hydrogen) atoms. The van der Waals surface area contributed by atoms with Crippen molar-refractivity contribution in [2.24, 2.45) is 5.92 Å². The number of thiophene rings is 1. The van der Waals surface area contributed by atoms with Gasteiger partial charge in [0.1, 0.15) is 12.0 Å². The van der Waals surface area contributed by atoms with Crippen molar-refractivity contribution in [3.05, 3.63) is 22.4 Å². The maximum Gasteiger partial charge on any atom is 0.311 e. The van der Waals surface area contributed by atoms with E-state index in [4.69, 9.17) is 9.84 Å². The lowest BCUT2D eigenvalue weighted by Crippen LogP contribution is -2.16. The van der Waals surface area contributed by atoms with Crippen LogP contribution in [0.5, 0.6) is 0 Å². The van der Waals surface area contributed by atoms with Gasteiger partial charge in [0.05, 0.1) is 6.42 Å². The molecule has 0 saturated carbocycles. The monoisotopic (exact) mass is 212 g/mol. The third-order valence-electron chi connectivity index (χ3n) is 2.15. The first-order valence-electron chi connectivity index (χ1n) is 4.14. The van der Waals surface area contributed by atoms with Gasteiger partial charge in [-0.1, -0.05) is 6.07 Å². The SMILES string of the molecule is O=C1C[C@H](C(=O)O)[C@@H](c2cccs2)O1. The Morgan fingerprint density at radius 3 is 3.00 bits per heavy atom. The first-order chi connectivity index (χ1) is 6.68. The number of hydrogen-bond donors (Lipinski definition) is 1. The Bertz CT molecular complexity index is 357. The highest BCUT2D eigenvalue weighted by molar-refractivity contribution is 7.10. The van der Waals surface area contributed by atoms with Crippen LogP contribution in [0.4, 0.5) is 0 Å². The third kappa shape index (κ3) is 1.50. The Labute approximate surface area is 84.1 Å². The molecule has 1 N–H and O–H groups in total. The molecule has 2 heterocycles. The summed E-state index contributed by atoms with van der Waals surface area (Å²) < 4.78 is 4.97. The molecule has 2 rings (SSSR count). The van der Waals surface area contributed by atoms with E-state index in [-0.39, 0.29) is 6.42 Å². The van der Waals surface area contributed by atoms with Gasteiger partial charge < -0.3 is 9.84 Å². The quantitative estimate of drug-likeness (QED) is 0.753. The Kier molecular flexibility index (Phi) is 2.25. The first kappa shape index (κ1) is 9.21. The maximum absolute atomic E-state index is 11.0. The summed E-state index contributed by atoms with van der Waals surface area (Å²) in [7, 11) is 0. The lowest BCUT2D eigenvalue weighted by atomic mass is 10.0. The summed E-state index contributed by atoms with van der Waals surface area (Å²) in [6.07, 6.45) is -0.627. The van der Waals surface area contributed by atoms with Crippen molar-refractivity contribution in [3.63, 3.8) is 0 Å². The van der Waals surface area contributed by atoms with Gasteiger partial charge in [-0.25, -0.2) is 0 Å². The molecule has 1 saturated heterocycles. The number of carboxylic acids is 1. The fourth-order valence-electron chi connectivity index (χ4n) is 1.48. The Morgan fingerprint density at radius 2 is 2.43 bits per heavy atom. The van der Waals surface area contributed by atoms with Crippen molar-refractivity contribution >= 4 is 23.3 Å². The zero-order valence-electron chi connectivity index (χ0n) is 7.17. The van der Waals surface area contributed by atoms with Gasteiger partial charge >= 0.3 is 11.9 Å². The van der Waals surface area contributed by atoms with E-state index in [0.29, 0.717) is 0 Å². The smallest absolute Gasteiger partial charge is 0.311 e. The third-order valence-corrected chi connectivity index (χ3v) is 3.09. The molecular weight excluding hydrogens is 204 g/mol. The van der Waals surface area contributed by atoms with Gasteiger partial charge in [-0.15, -0.1) is 11.3 Å². The number of esters is 1. The van der Waals surface area contributed by atoms with Crippen molar-refractivity contribution < 1.29 is 19.4 Å². The minimum absolute atomic E-state index is 0.0299. The van der Waals surface area contributed by atoms with Crippen LogP contribution in [-0.2, 0) is 14.3 Å². The standard InChI is InChI=1S/C9H8O4S/c10-7-4-5(9(11)12)8(13-7)6-2-1-3-14-6/h1-3,5,8H,4H2,(H,11,12)/t5-,8-/m0/s1. The van der Waals surface area contributed by atoms with Gasteiger partial charge in [0.15, 0.2) is 0 Å². The van der Waals surface area contributed by atoms with E-state index >= 15 is 0 Å². The summed E-state index contributed by atoms with van der Waals surface area (Å²) in [4.78, 5) is 22.6. The largest absolute Gasteiger partial charge is 0.481 e. The number of aliphatic carboxylic acids is 1. The van der Waals surface area contributed by atoms with Crippen LogP contribution < -0.4 is 0 Å². The second-order valence-electron chi connectivity index (χ2n) is 3.07. The summed E-state index contributed by atoms with van der Waals surface area (Å²) in [5.41, 5.74) is 0. The molecule has 0 amide bonds. The molecule has 2 atom stereocenters. The van der Waals surface area contributed by atoms with Gasteiger partial charge in [0.25, 0.3) is 0 Å². The number of cyclic esters (lactones) is 1. The molecule has 4 nitrogen and oxygen atoms in total. The number of carboxylic acid groups (broad SMARTS) is 1. The molecule has 0 radical (unpaired) electrons. The van der Waals surface area contributed by atoms with Crippen LogP contribution in [0.2, 0.25) is 0 Å². The topological polar surface area (TPSA) is 63.6 Å². The van der Waals surface area contributed by atoms with E-state index in [9.17, 15) is 9.59 Å². The highest BCUT2D eigenvalue weighted by Crippen LogP contribution is 2.37. The van der Waals surface area contributed by atoms with E-state index in [1.807, 2.05) is 11.4 Å². The van der Waals surface area contributed by atoms with Gasteiger partial charge in [0.2, 0.25) is 0 Å². The summed E-state index contributed by atoms with van der Waals surface area (Å²) in [6.45, 7) is 0. The predicted molar refractivity (Wildman–Crippen MR) is 48.9 cm³/mol. The van der Waals surface area contributed by atoms with Gasteiger partial charge in [-0.3, -0.25) is 9.59 Å². The molecule has 0 spiro atoms. The highest BCUT2D eigenvalue weighted by Gasteiger charge is 2.41. The van der Waals surface area contributed by atoms with Crippen molar-refractivity contribution in [2.45, 2.75) is 12.5 Å². The Balaban J connectivity index is 2.26. The lowest BCUT2D eigenvalue weighted by molar-refractivity contribution is -0.144. The zero-order chi connectivity index (χ0) is 10.1. The van der Waals surface area contributed by atoms with Gasteiger partial charge in [-0.05, 0) is 11.4 Å². The minimum Gasteiger partial charge on any atom is -0.481 e. The molecule has 0 aromatic carbocycles. The summed E-state index contributed by atoms with van der Waals surface area (Å²) in [6, 6.07) is 3.59. The second-order valence-corrected chi connectivity index (χ2v) is 4.05. The second kappa shape index (κ2) is 3.42. The minimum atomic E-state index is -0.978. The van der Waals surface area contributed by atoms with E-state index in [1.165, 1.54) is 11.3 Å². The average molecular weight is 212 g/mol. The summed E-state index contributed by atoms with van der Waals surface area (Å²) >= 11 is 1.40. The molecule has 5 heteroatoms. The number of carbonyl (C=O) groups excluding carboxylic acids is 1. The van der Waals surface area contributed by atoms with Crippen LogP contribution in [-0.4, -0.2) is 17.0 Å². The predicted octanol–water partition coefficient (Wildman–Crippen LogP) is 1.44. The molecule has 1 aromatic rings. The Hall–Kier alpha value is -1.36. The molecule has 74 valence electrons. The van der Waals surface area contributed by atoms with Crippen LogP contribution in [0.15, 0.2) is 17.5 Å². The van der Waals surface area contributed by atoms with Crippen LogP contribution in [0.25, 0.3) is 0 Å². The summed E-state index contributed by atoms with van der Waals surface area (Å²) in [5.74, 6) is -2.15. The fourth-order valence-corrected chi connectivity index (χ4v) is 2.30. The maximum atomic E-state index is 11.0. The van der Waals surface area contributed by atoms with Crippen LogP contribution in [0.1, 0.15) is 17.4 Å². The summed E-state index contributed by atoms with van der Waals surface area (Å²) in [5, 5.41) is 10.7. The Morgan fingerprint density at radius 1 is 1.64 bits per heavy atom. The van der Waals surface area contributed by atoms with Crippen molar-refractivity contribution in [1.29, 1.82) is 0 Å². The number of ether oxygens (including phenoxy) is 1. The fraction of sp³-hybridized carbons (Fsp3) is 0.333. The molecule has 0 aliphatic carbocycles. The molecule has 1 aromatic heterocycles. The van der Waals surface area contributed by atoms with Crippen LogP contribution in [0.3, 0.4) is 0 Å². The lowest BCUT2D eigenvalue weighted by Gasteiger charge is -2.11. The number of carbonyl (C=O) groups is 2. The number of hydrogen-bond acceptors (Lipinski definition) is 4. The molecular formula is C9H8O4S. The number of rotatable bonds is 2. The zero-order valence-corrected chi connectivity index (χ0v) is 7.99. The molecule has 1 fully saturated rings. The molecule has 0 bridgehead atoms. The first-order valence-corrected chi connectivity index (χ1v) is 5.02. The van der Waals surface area contributed by atoms with Crippen molar-refractivity contribution in [2.75, 3.05) is 0 Å². The highest BCUT2D eigenvalue weighted by atomic mass is 32.1. The van der Waals surface area contributed by atoms with E-state index < -0.39 is 24.0 Å². The molecule has 1 aliphatic rings. The van der Waals surface area contributed by atoms with Gasteiger partial charge in [-0.2, -0.15) is 0 Å². The van der Waals surface area contributed by atoms with Gasteiger partial charge in [0, 0.05) is 4.88 Å². The van der Waals surface area contributed by atoms with E-state index in [1.54, 1.807) is 6.07 Å². The van der Waals surface area contributed by atoms with Crippen LogP contribution in [0, 0.1) is 5.92 Å². The van der Waals surface area contributed by atoms with Crippen molar-refractivity contribution in [3.8, 4) is 0 Å². The van der Waals surface area contributed by atoms with E-state index in [0.717, 1.165) is 4.88 Å². The van der Waals surface area contributed by atoms with Crippen molar-refractivity contribution in [1.82, 2.24) is 0 Å².